The molecule has 0 unspecified atom stereocenters. The summed E-state index contributed by atoms with van der Waals surface area (Å²) in [6.45, 7) is 2.41. The number of benzene rings is 1. The number of aromatic amines is 1. The van der Waals surface area contributed by atoms with E-state index >= 15 is 0 Å². The van der Waals surface area contributed by atoms with Crippen LogP contribution in [0.2, 0.25) is 0 Å². The first-order chi connectivity index (χ1) is 11.0. The Morgan fingerprint density at radius 2 is 2.09 bits per heavy atom. The van der Waals surface area contributed by atoms with Crippen LogP contribution in [0.4, 0.5) is 0 Å². The van der Waals surface area contributed by atoms with Gasteiger partial charge in [0, 0.05) is 6.54 Å². The second-order valence-corrected chi connectivity index (χ2v) is 5.67. The van der Waals surface area contributed by atoms with E-state index in [1.165, 1.54) is 4.90 Å². The number of rotatable bonds is 5. The highest BCUT2D eigenvalue weighted by molar-refractivity contribution is 5.89. The van der Waals surface area contributed by atoms with Crippen molar-refractivity contribution in [3.63, 3.8) is 0 Å². The smallest absolute Gasteiger partial charge is 0.307 e. The second-order valence-electron chi connectivity index (χ2n) is 5.67. The van der Waals surface area contributed by atoms with Gasteiger partial charge in [-0.25, -0.2) is 4.98 Å². The summed E-state index contributed by atoms with van der Waals surface area (Å²) in [7, 11) is 0. The maximum atomic E-state index is 12.3. The van der Waals surface area contributed by atoms with Gasteiger partial charge in [0.15, 0.2) is 0 Å². The molecule has 1 fully saturated rings. The Bertz CT molecular complexity index is 829. The van der Waals surface area contributed by atoms with Gasteiger partial charge >= 0.3 is 5.97 Å². The highest BCUT2D eigenvalue weighted by Crippen LogP contribution is 2.40. The number of H-pyrrole nitrogens is 1. The summed E-state index contributed by atoms with van der Waals surface area (Å²) in [6, 6.07) is 6.99. The molecule has 23 heavy (non-hydrogen) atoms. The number of amides is 1. The lowest BCUT2D eigenvalue weighted by molar-refractivity contribution is -0.142. The predicted octanol–water partition coefficient (Wildman–Crippen LogP) is 0.992. The summed E-state index contributed by atoms with van der Waals surface area (Å²) in [5.41, 5.74) is 0.327. The van der Waals surface area contributed by atoms with E-state index in [-0.39, 0.29) is 18.0 Å². The molecule has 0 spiro atoms. The van der Waals surface area contributed by atoms with Crippen LogP contribution >= 0.6 is 0 Å². The normalized spacial score (nSPS) is 19.5. The zero-order valence-electron chi connectivity index (χ0n) is 12.7. The minimum Gasteiger partial charge on any atom is -0.481 e. The van der Waals surface area contributed by atoms with Crippen molar-refractivity contribution < 1.29 is 14.7 Å². The Balaban J connectivity index is 1.81. The fourth-order valence-electron chi connectivity index (χ4n) is 2.71. The lowest BCUT2D eigenvalue weighted by atomic mass is 10.2. The van der Waals surface area contributed by atoms with E-state index in [0.717, 1.165) is 0 Å². The first kappa shape index (κ1) is 15.2. The third-order valence-electron chi connectivity index (χ3n) is 4.12. The number of carbonyl (C=O) groups excluding carboxylic acids is 1. The Kier molecular flexibility index (Phi) is 3.85. The number of aromatic nitrogens is 2. The Morgan fingerprint density at radius 1 is 1.35 bits per heavy atom. The predicted molar refractivity (Wildman–Crippen MR) is 82.7 cm³/mol. The number of para-hydroxylation sites is 1. The van der Waals surface area contributed by atoms with E-state index in [9.17, 15) is 14.4 Å². The highest BCUT2D eigenvalue weighted by atomic mass is 16.4. The maximum absolute atomic E-state index is 12.3. The van der Waals surface area contributed by atoms with Gasteiger partial charge in [-0.2, -0.15) is 0 Å². The number of fused-ring (bicyclic) bond motifs is 1. The summed E-state index contributed by atoms with van der Waals surface area (Å²) in [6.07, 6.45) is 0.381. The number of hydrogen-bond acceptors (Lipinski definition) is 4. The van der Waals surface area contributed by atoms with Crippen LogP contribution in [-0.2, 0) is 16.1 Å². The van der Waals surface area contributed by atoms with Gasteiger partial charge in [0.25, 0.3) is 5.56 Å². The Morgan fingerprint density at radius 3 is 2.74 bits per heavy atom. The standard InChI is InChI=1S/C16H17N3O4/c1-2-19(15(21)10-7-11(10)16(22)23)8-13-17-12-6-4-3-5-9(12)14(20)18-13/h3-6,10-11H,2,7-8H2,1H3,(H,22,23)(H,17,18,20)/t10-,11+/m1/s1. The van der Waals surface area contributed by atoms with Crippen LogP contribution in [0, 0.1) is 11.8 Å². The molecular weight excluding hydrogens is 298 g/mol. The number of carbonyl (C=O) groups is 2. The number of carboxylic acids is 1. The minimum absolute atomic E-state index is 0.165. The molecule has 0 aliphatic heterocycles. The molecule has 2 N–H and O–H groups in total. The van der Waals surface area contributed by atoms with Gasteiger partial charge in [0.05, 0.1) is 29.3 Å². The first-order valence-corrected chi connectivity index (χ1v) is 7.50. The molecule has 1 aliphatic carbocycles. The number of hydrogen-bond donors (Lipinski definition) is 2. The summed E-state index contributed by atoms with van der Waals surface area (Å²) < 4.78 is 0. The molecule has 7 heteroatoms. The Labute approximate surface area is 132 Å². The van der Waals surface area contributed by atoms with E-state index < -0.39 is 17.8 Å². The molecular formula is C16H17N3O4. The van der Waals surface area contributed by atoms with Gasteiger partial charge in [0.2, 0.25) is 5.91 Å². The van der Waals surface area contributed by atoms with Crippen molar-refractivity contribution in [3.05, 3.63) is 40.4 Å². The molecule has 1 amide bonds. The number of carboxylic acid groups (broad SMARTS) is 1. The molecule has 1 aromatic heterocycles. The zero-order valence-corrected chi connectivity index (χ0v) is 12.7. The molecule has 0 saturated heterocycles. The van der Waals surface area contributed by atoms with E-state index in [2.05, 4.69) is 9.97 Å². The van der Waals surface area contributed by atoms with E-state index in [1.54, 1.807) is 24.3 Å². The lowest BCUT2D eigenvalue weighted by Gasteiger charge is -2.20. The van der Waals surface area contributed by atoms with Crippen LogP contribution in [0.25, 0.3) is 10.9 Å². The molecule has 1 aromatic carbocycles. The van der Waals surface area contributed by atoms with E-state index in [1.807, 2.05) is 6.92 Å². The third kappa shape index (κ3) is 2.94. The molecule has 0 radical (unpaired) electrons. The van der Waals surface area contributed by atoms with Gasteiger partial charge in [-0.05, 0) is 25.5 Å². The summed E-state index contributed by atoms with van der Waals surface area (Å²) >= 11 is 0. The van der Waals surface area contributed by atoms with Crippen molar-refractivity contribution in [1.29, 1.82) is 0 Å². The SMILES string of the molecule is CCN(Cc1nc2ccccc2c(=O)[nH]1)C(=O)[C@@H]1C[C@@H]1C(=O)O. The first-order valence-electron chi connectivity index (χ1n) is 7.50. The number of nitrogens with zero attached hydrogens (tertiary/aromatic N) is 2. The molecule has 0 bridgehead atoms. The monoisotopic (exact) mass is 315 g/mol. The molecule has 3 rings (SSSR count). The lowest BCUT2D eigenvalue weighted by Crippen LogP contribution is -2.33. The van der Waals surface area contributed by atoms with Crippen molar-refractivity contribution in [2.75, 3.05) is 6.54 Å². The molecule has 2 aromatic rings. The molecule has 120 valence electrons. The number of nitrogens with one attached hydrogen (secondary N) is 1. The van der Waals surface area contributed by atoms with Gasteiger partial charge in [-0.15, -0.1) is 0 Å². The largest absolute Gasteiger partial charge is 0.481 e. The molecule has 2 atom stereocenters. The van der Waals surface area contributed by atoms with Crippen LogP contribution in [0.5, 0.6) is 0 Å². The molecule has 7 nitrogen and oxygen atoms in total. The Hall–Kier alpha value is -2.70. The molecule has 1 heterocycles. The van der Waals surface area contributed by atoms with E-state index in [4.69, 9.17) is 5.11 Å². The second kappa shape index (κ2) is 5.83. The van der Waals surface area contributed by atoms with Crippen molar-refractivity contribution in [3.8, 4) is 0 Å². The quantitative estimate of drug-likeness (QED) is 0.856. The zero-order chi connectivity index (χ0) is 16.6. The van der Waals surface area contributed by atoms with Crippen molar-refractivity contribution >= 4 is 22.8 Å². The van der Waals surface area contributed by atoms with Crippen molar-refractivity contribution in [2.45, 2.75) is 19.9 Å². The summed E-state index contributed by atoms with van der Waals surface area (Å²) in [5.74, 6) is -1.77. The average Bonchev–Trinajstić information content (AvgIpc) is 3.33. The van der Waals surface area contributed by atoms with Crippen molar-refractivity contribution in [2.24, 2.45) is 11.8 Å². The average molecular weight is 315 g/mol. The minimum atomic E-state index is -0.934. The topological polar surface area (TPSA) is 103 Å². The van der Waals surface area contributed by atoms with Crippen LogP contribution in [0.1, 0.15) is 19.2 Å². The van der Waals surface area contributed by atoms with Gasteiger partial charge in [0.1, 0.15) is 5.82 Å². The fourth-order valence-corrected chi connectivity index (χ4v) is 2.71. The van der Waals surface area contributed by atoms with Crippen LogP contribution in [0.3, 0.4) is 0 Å². The van der Waals surface area contributed by atoms with Crippen LogP contribution in [0.15, 0.2) is 29.1 Å². The maximum Gasteiger partial charge on any atom is 0.307 e. The summed E-state index contributed by atoms with van der Waals surface area (Å²) in [4.78, 5) is 43.9. The van der Waals surface area contributed by atoms with Crippen molar-refractivity contribution in [1.82, 2.24) is 14.9 Å². The van der Waals surface area contributed by atoms with Crippen LogP contribution in [-0.4, -0.2) is 38.4 Å². The number of aliphatic carboxylic acids is 1. The molecule has 1 saturated carbocycles. The van der Waals surface area contributed by atoms with Gasteiger partial charge < -0.3 is 15.0 Å². The van der Waals surface area contributed by atoms with Crippen LogP contribution < -0.4 is 5.56 Å². The summed E-state index contributed by atoms with van der Waals surface area (Å²) in [5, 5.41) is 9.44. The van der Waals surface area contributed by atoms with Gasteiger partial charge in [-0.3, -0.25) is 14.4 Å². The molecule has 1 aliphatic rings. The van der Waals surface area contributed by atoms with Gasteiger partial charge in [-0.1, -0.05) is 12.1 Å². The fraction of sp³-hybridized carbons (Fsp3) is 0.375. The van der Waals surface area contributed by atoms with E-state index in [0.29, 0.717) is 29.7 Å². The third-order valence-corrected chi connectivity index (χ3v) is 4.12. The highest BCUT2D eigenvalue weighted by Gasteiger charge is 2.49.